The maximum absolute atomic E-state index is 12.2. The molecule has 0 heterocycles. The molecule has 1 atom stereocenters. The average Bonchev–Trinajstić information content (AvgIpc) is 2.78. The van der Waals surface area contributed by atoms with E-state index in [-0.39, 0.29) is 6.04 Å². The molecule has 0 aliphatic heterocycles. The normalized spacial score (nSPS) is 12.9. The van der Waals surface area contributed by atoms with Crippen LogP contribution in [0.3, 0.4) is 0 Å². The molecule has 2 nitrogen and oxygen atoms in total. The SMILES string of the molecule is CN(C)[C@@H](Cc1ccc2ccccc2c1)C(O)(Cc1ccccc1)Cc1ccccc1. The molecule has 0 bridgehead atoms. The second-order valence-corrected chi connectivity index (χ2v) is 8.79. The lowest BCUT2D eigenvalue weighted by Crippen LogP contribution is -2.54. The molecule has 4 aromatic rings. The molecule has 0 spiro atoms. The van der Waals surface area contributed by atoms with Crippen LogP contribution in [-0.4, -0.2) is 35.7 Å². The van der Waals surface area contributed by atoms with Gasteiger partial charge in [-0.3, -0.25) is 0 Å². The predicted molar refractivity (Wildman–Crippen MR) is 130 cm³/mol. The van der Waals surface area contributed by atoms with Crippen molar-refractivity contribution >= 4 is 10.8 Å². The van der Waals surface area contributed by atoms with E-state index in [4.69, 9.17) is 0 Å². The van der Waals surface area contributed by atoms with Crippen LogP contribution in [0.2, 0.25) is 0 Å². The first kappa shape index (κ1) is 21.3. The van der Waals surface area contributed by atoms with Gasteiger partial charge in [-0.2, -0.15) is 0 Å². The van der Waals surface area contributed by atoms with Gasteiger partial charge in [0.1, 0.15) is 0 Å². The number of nitrogens with zero attached hydrogens (tertiary/aromatic N) is 1. The van der Waals surface area contributed by atoms with E-state index < -0.39 is 5.60 Å². The highest BCUT2D eigenvalue weighted by Gasteiger charge is 2.38. The first-order chi connectivity index (χ1) is 15.0. The zero-order valence-electron chi connectivity index (χ0n) is 18.4. The smallest absolute Gasteiger partial charge is 0.0885 e. The lowest BCUT2D eigenvalue weighted by atomic mass is 9.78. The molecule has 0 radical (unpaired) electrons. The standard InChI is InChI=1S/C29H31NO/c1-30(2)28(20-25-17-18-26-15-9-10-16-27(26)19-25)29(31,21-23-11-5-3-6-12-23)22-24-13-7-4-8-14-24/h3-19,28,31H,20-22H2,1-2H3/t28-/m0/s1. The fourth-order valence-corrected chi connectivity index (χ4v) is 4.64. The number of aliphatic hydroxyl groups is 1. The predicted octanol–water partition coefficient (Wildman–Crippen LogP) is 5.53. The van der Waals surface area contributed by atoms with Gasteiger partial charge < -0.3 is 10.0 Å². The first-order valence-corrected chi connectivity index (χ1v) is 11.0. The summed E-state index contributed by atoms with van der Waals surface area (Å²) in [6.45, 7) is 0. The van der Waals surface area contributed by atoms with Crippen molar-refractivity contribution in [2.75, 3.05) is 14.1 Å². The van der Waals surface area contributed by atoms with Gasteiger partial charge in [0, 0.05) is 18.9 Å². The molecule has 158 valence electrons. The monoisotopic (exact) mass is 409 g/mol. The minimum atomic E-state index is -0.905. The summed E-state index contributed by atoms with van der Waals surface area (Å²) in [5.74, 6) is 0. The molecular weight excluding hydrogens is 378 g/mol. The summed E-state index contributed by atoms with van der Waals surface area (Å²) in [4.78, 5) is 2.18. The molecule has 0 amide bonds. The van der Waals surface area contributed by atoms with Crippen molar-refractivity contribution in [1.29, 1.82) is 0 Å². The third-order valence-electron chi connectivity index (χ3n) is 6.19. The Bertz CT molecular complexity index is 1060. The third-order valence-corrected chi connectivity index (χ3v) is 6.19. The van der Waals surface area contributed by atoms with Gasteiger partial charge >= 0.3 is 0 Å². The van der Waals surface area contributed by atoms with Crippen LogP contribution in [0, 0.1) is 0 Å². The minimum Gasteiger partial charge on any atom is -0.388 e. The topological polar surface area (TPSA) is 23.5 Å². The number of benzene rings is 4. The molecule has 0 aromatic heterocycles. The Hall–Kier alpha value is -2.94. The number of rotatable bonds is 8. The summed E-state index contributed by atoms with van der Waals surface area (Å²) in [6, 6.07) is 35.7. The summed E-state index contributed by atoms with van der Waals surface area (Å²) >= 11 is 0. The van der Waals surface area contributed by atoms with Crippen LogP contribution in [0.15, 0.2) is 103 Å². The molecule has 0 aliphatic rings. The first-order valence-electron chi connectivity index (χ1n) is 11.0. The van der Waals surface area contributed by atoms with E-state index in [0.29, 0.717) is 12.8 Å². The molecule has 4 aromatic carbocycles. The van der Waals surface area contributed by atoms with Crippen LogP contribution in [0.4, 0.5) is 0 Å². The van der Waals surface area contributed by atoms with Crippen LogP contribution < -0.4 is 0 Å². The van der Waals surface area contributed by atoms with Crippen LogP contribution in [0.25, 0.3) is 10.8 Å². The molecule has 1 N–H and O–H groups in total. The summed E-state index contributed by atoms with van der Waals surface area (Å²) in [7, 11) is 4.15. The van der Waals surface area contributed by atoms with Crippen LogP contribution >= 0.6 is 0 Å². The van der Waals surface area contributed by atoms with Gasteiger partial charge in [0.05, 0.1) is 5.60 Å². The van der Waals surface area contributed by atoms with Gasteiger partial charge in [0.2, 0.25) is 0 Å². The summed E-state index contributed by atoms with van der Waals surface area (Å²) in [6.07, 6.45) is 2.01. The van der Waals surface area contributed by atoms with E-state index in [9.17, 15) is 5.11 Å². The number of likely N-dealkylation sites (N-methyl/N-ethyl adjacent to an activating group) is 1. The maximum Gasteiger partial charge on any atom is 0.0885 e. The highest BCUT2D eigenvalue weighted by molar-refractivity contribution is 5.83. The van der Waals surface area contributed by atoms with Gasteiger partial charge in [-0.1, -0.05) is 103 Å². The molecule has 2 heteroatoms. The lowest BCUT2D eigenvalue weighted by molar-refractivity contribution is -0.0329. The van der Waals surface area contributed by atoms with Gasteiger partial charge in [-0.05, 0) is 48.0 Å². The number of fused-ring (bicyclic) bond motifs is 1. The Kier molecular flexibility index (Phi) is 6.50. The molecule has 31 heavy (non-hydrogen) atoms. The summed E-state index contributed by atoms with van der Waals surface area (Å²) in [5, 5.41) is 14.7. The van der Waals surface area contributed by atoms with Crippen LogP contribution in [-0.2, 0) is 19.3 Å². The van der Waals surface area contributed by atoms with Crippen molar-refractivity contribution in [1.82, 2.24) is 4.90 Å². The van der Waals surface area contributed by atoms with Crippen molar-refractivity contribution in [3.63, 3.8) is 0 Å². The number of hydrogen-bond donors (Lipinski definition) is 1. The van der Waals surface area contributed by atoms with E-state index in [1.165, 1.54) is 16.3 Å². The largest absolute Gasteiger partial charge is 0.388 e. The van der Waals surface area contributed by atoms with Crippen LogP contribution in [0.1, 0.15) is 16.7 Å². The van der Waals surface area contributed by atoms with Crippen molar-refractivity contribution in [3.05, 3.63) is 120 Å². The van der Waals surface area contributed by atoms with Crippen molar-refractivity contribution in [3.8, 4) is 0 Å². The van der Waals surface area contributed by atoms with Gasteiger partial charge in [0.15, 0.2) is 0 Å². The highest BCUT2D eigenvalue weighted by Crippen LogP contribution is 2.29. The molecular formula is C29H31NO. The van der Waals surface area contributed by atoms with E-state index in [1.807, 2.05) is 36.4 Å². The molecule has 0 saturated carbocycles. The van der Waals surface area contributed by atoms with E-state index in [0.717, 1.165) is 17.5 Å². The third kappa shape index (κ3) is 5.22. The molecule has 0 fully saturated rings. The van der Waals surface area contributed by atoms with Gasteiger partial charge in [0.25, 0.3) is 0 Å². The van der Waals surface area contributed by atoms with E-state index in [2.05, 4.69) is 85.7 Å². The van der Waals surface area contributed by atoms with Gasteiger partial charge in [-0.15, -0.1) is 0 Å². The Balaban J connectivity index is 1.69. The van der Waals surface area contributed by atoms with Crippen molar-refractivity contribution < 1.29 is 5.11 Å². The van der Waals surface area contributed by atoms with Crippen molar-refractivity contribution in [2.24, 2.45) is 0 Å². The zero-order chi connectivity index (χ0) is 21.7. The molecule has 0 saturated heterocycles. The summed E-state index contributed by atoms with van der Waals surface area (Å²) in [5.41, 5.74) is 2.66. The Labute approximate surface area is 185 Å². The average molecular weight is 410 g/mol. The van der Waals surface area contributed by atoms with E-state index in [1.54, 1.807) is 0 Å². The van der Waals surface area contributed by atoms with Gasteiger partial charge in [-0.25, -0.2) is 0 Å². The number of hydrogen-bond acceptors (Lipinski definition) is 2. The quantitative estimate of drug-likeness (QED) is 0.414. The highest BCUT2D eigenvalue weighted by atomic mass is 16.3. The minimum absolute atomic E-state index is 0.0333. The lowest BCUT2D eigenvalue weighted by Gasteiger charge is -2.41. The molecule has 0 unspecified atom stereocenters. The molecule has 4 rings (SSSR count). The fourth-order valence-electron chi connectivity index (χ4n) is 4.64. The van der Waals surface area contributed by atoms with E-state index >= 15 is 0 Å². The second kappa shape index (κ2) is 9.47. The summed E-state index contributed by atoms with van der Waals surface area (Å²) < 4.78 is 0. The van der Waals surface area contributed by atoms with Crippen molar-refractivity contribution in [2.45, 2.75) is 30.9 Å². The fraction of sp³-hybridized carbons (Fsp3) is 0.241. The van der Waals surface area contributed by atoms with Crippen LogP contribution in [0.5, 0.6) is 0 Å². The second-order valence-electron chi connectivity index (χ2n) is 8.79. The molecule has 0 aliphatic carbocycles. The Morgan fingerprint density at radius 2 is 1.16 bits per heavy atom. The Morgan fingerprint density at radius 3 is 1.71 bits per heavy atom. The maximum atomic E-state index is 12.2. The Morgan fingerprint density at radius 1 is 0.645 bits per heavy atom. The zero-order valence-corrected chi connectivity index (χ0v) is 18.4.